The van der Waals surface area contributed by atoms with Crippen molar-refractivity contribution in [3.05, 3.63) is 29.8 Å². The van der Waals surface area contributed by atoms with Crippen molar-refractivity contribution in [3.8, 4) is 5.75 Å². The summed E-state index contributed by atoms with van der Waals surface area (Å²) in [5.41, 5.74) is 1.28. The molecule has 1 aromatic rings. The number of nitrogens with one attached hydrogen (secondary N) is 2. The number of rotatable bonds is 9. The number of ether oxygens (including phenoxy) is 1. The number of guanidine groups is 1. The molecule has 2 N–H and O–H groups in total. The van der Waals surface area contributed by atoms with Gasteiger partial charge in [0, 0.05) is 32.7 Å². The summed E-state index contributed by atoms with van der Waals surface area (Å²) in [7, 11) is 3.49. The van der Waals surface area contributed by atoms with Crippen molar-refractivity contribution in [2.24, 2.45) is 4.99 Å². The Morgan fingerprint density at radius 2 is 1.83 bits per heavy atom. The van der Waals surface area contributed by atoms with E-state index in [1.54, 1.807) is 7.11 Å². The molecule has 1 aromatic carbocycles. The van der Waals surface area contributed by atoms with Crippen LogP contribution in [0.2, 0.25) is 0 Å². The van der Waals surface area contributed by atoms with Gasteiger partial charge in [0.25, 0.3) is 0 Å². The molecular formula is C18H32N4O. The van der Waals surface area contributed by atoms with Gasteiger partial charge in [-0.1, -0.05) is 19.1 Å². The lowest BCUT2D eigenvalue weighted by Crippen LogP contribution is -2.43. The van der Waals surface area contributed by atoms with Crippen LogP contribution in [0, 0.1) is 0 Å². The Morgan fingerprint density at radius 3 is 2.35 bits per heavy atom. The molecule has 0 aromatic heterocycles. The fourth-order valence-electron chi connectivity index (χ4n) is 2.44. The lowest BCUT2D eigenvalue weighted by Gasteiger charge is -2.25. The van der Waals surface area contributed by atoms with E-state index in [0.29, 0.717) is 6.04 Å². The van der Waals surface area contributed by atoms with Crippen molar-refractivity contribution in [1.29, 1.82) is 0 Å². The second-order valence-electron chi connectivity index (χ2n) is 5.75. The maximum Gasteiger partial charge on any atom is 0.191 e. The van der Waals surface area contributed by atoms with Gasteiger partial charge in [0.05, 0.1) is 7.11 Å². The van der Waals surface area contributed by atoms with Crippen LogP contribution in [0.3, 0.4) is 0 Å². The molecule has 0 heterocycles. The third kappa shape index (κ3) is 7.37. The summed E-state index contributed by atoms with van der Waals surface area (Å²) in [6.45, 7) is 10.5. The van der Waals surface area contributed by atoms with Gasteiger partial charge in [0.2, 0.25) is 0 Å². The highest BCUT2D eigenvalue weighted by molar-refractivity contribution is 5.79. The van der Waals surface area contributed by atoms with E-state index in [2.05, 4.69) is 53.4 Å². The maximum absolute atomic E-state index is 5.17. The standard InChI is InChI=1S/C18H32N4O/c1-6-22(15(2)3)14-13-21-18(19-4)20-12-11-16-7-9-17(23-5)10-8-16/h7-10,15H,6,11-14H2,1-5H3,(H2,19,20,21). The van der Waals surface area contributed by atoms with E-state index in [1.807, 2.05) is 19.2 Å². The average molecular weight is 320 g/mol. The fourth-order valence-corrected chi connectivity index (χ4v) is 2.44. The smallest absolute Gasteiger partial charge is 0.191 e. The molecule has 0 bridgehead atoms. The Bertz CT molecular complexity index is 457. The summed E-state index contributed by atoms with van der Waals surface area (Å²) in [5, 5.41) is 6.73. The fraction of sp³-hybridized carbons (Fsp3) is 0.611. The number of aliphatic imine (C=N–C) groups is 1. The van der Waals surface area contributed by atoms with Crippen molar-refractivity contribution in [2.75, 3.05) is 40.3 Å². The molecule has 0 fully saturated rings. The van der Waals surface area contributed by atoms with Crippen LogP contribution in [-0.4, -0.2) is 57.2 Å². The Kier molecular flexibility index (Phi) is 9.14. The van der Waals surface area contributed by atoms with Crippen LogP contribution in [0.25, 0.3) is 0 Å². The number of likely N-dealkylation sites (N-methyl/N-ethyl adjacent to an activating group) is 1. The third-order valence-electron chi connectivity index (χ3n) is 3.92. The molecule has 0 amide bonds. The van der Waals surface area contributed by atoms with Gasteiger partial charge in [-0.25, -0.2) is 0 Å². The number of hydrogen-bond donors (Lipinski definition) is 2. The molecule has 130 valence electrons. The molecule has 0 atom stereocenters. The number of nitrogens with zero attached hydrogens (tertiary/aromatic N) is 2. The van der Waals surface area contributed by atoms with Crippen molar-refractivity contribution in [3.63, 3.8) is 0 Å². The minimum absolute atomic E-state index is 0.576. The molecule has 5 heteroatoms. The van der Waals surface area contributed by atoms with E-state index in [4.69, 9.17) is 4.74 Å². The van der Waals surface area contributed by atoms with Crippen LogP contribution >= 0.6 is 0 Å². The Balaban J connectivity index is 2.28. The van der Waals surface area contributed by atoms with E-state index in [1.165, 1.54) is 5.56 Å². The first-order valence-corrected chi connectivity index (χ1v) is 8.42. The van der Waals surface area contributed by atoms with Crippen molar-refractivity contribution in [2.45, 2.75) is 33.2 Å². The van der Waals surface area contributed by atoms with Gasteiger partial charge in [-0.15, -0.1) is 0 Å². The van der Waals surface area contributed by atoms with Crippen LogP contribution in [-0.2, 0) is 6.42 Å². The number of benzene rings is 1. The predicted octanol–water partition coefficient (Wildman–Crippen LogP) is 2.13. The van der Waals surface area contributed by atoms with Gasteiger partial charge in [-0.3, -0.25) is 9.89 Å². The second kappa shape index (κ2) is 10.9. The molecule has 0 aliphatic rings. The van der Waals surface area contributed by atoms with Gasteiger partial charge in [0.15, 0.2) is 5.96 Å². The zero-order valence-corrected chi connectivity index (χ0v) is 15.2. The molecule has 0 saturated carbocycles. The number of hydrogen-bond acceptors (Lipinski definition) is 3. The lowest BCUT2D eigenvalue weighted by molar-refractivity contribution is 0.237. The van der Waals surface area contributed by atoms with Crippen molar-refractivity contribution in [1.82, 2.24) is 15.5 Å². The Morgan fingerprint density at radius 1 is 1.17 bits per heavy atom. The summed E-state index contributed by atoms with van der Waals surface area (Å²) >= 11 is 0. The highest BCUT2D eigenvalue weighted by Crippen LogP contribution is 2.11. The van der Waals surface area contributed by atoms with Crippen molar-refractivity contribution >= 4 is 5.96 Å². The summed E-state index contributed by atoms with van der Waals surface area (Å²) in [4.78, 5) is 6.70. The Hall–Kier alpha value is -1.75. The van der Waals surface area contributed by atoms with Crippen LogP contribution in [0.1, 0.15) is 26.3 Å². The zero-order chi connectivity index (χ0) is 17.1. The largest absolute Gasteiger partial charge is 0.497 e. The first-order valence-electron chi connectivity index (χ1n) is 8.42. The minimum Gasteiger partial charge on any atom is -0.497 e. The van der Waals surface area contributed by atoms with Gasteiger partial charge < -0.3 is 15.4 Å². The molecule has 1 rings (SSSR count). The predicted molar refractivity (Wildman–Crippen MR) is 98.4 cm³/mol. The Labute approximate surface area is 141 Å². The molecule has 0 aliphatic heterocycles. The highest BCUT2D eigenvalue weighted by atomic mass is 16.5. The SMILES string of the molecule is CCN(CCNC(=NC)NCCc1ccc(OC)cc1)C(C)C. The van der Waals surface area contributed by atoms with E-state index >= 15 is 0 Å². The molecule has 5 nitrogen and oxygen atoms in total. The maximum atomic E-state index is 5.17. The molecule has 0 spiro atoms. The molecule has 0 unspecified atom stereocenters. The van der Waals surface area contributed by atoms with Crippen LogP contribution < -0.4 is 15.4 Å². The molecule has 0 radical (unpaired) electrons. The zero-order valence-electron chi connectivity index (χ0n) is 15.2. The van der Waals surface area contributed by atoms with Gasteiger partial charge in [-0.05, 0) is 44.5 Å². The van der Waals surface area contributed by atoms with E-state index in [0.717, 1.165) is 44.3 Å². The minimum atomic E-state index is 0.576. The summed E-state index contributed by atoms with van der Waals surface area (Å²) in [6, 6.07) is 8.75. The van der Waals surface area contributed by atoms with E-state index in [-0.39, 0.29) is 0 Å². The lowest BCUT2D eigenvalue weighted by atomic mass is 10.1. The third-order valence-corrected chi connectivity index (χ3v) is 3.92. The average Bonchev–Trinajstić information content (AvgIpc) is 2.57. The van der Waals surface area contributed by atoms with Gasteiger partial charge >= 0.3 is 0 Å². The second-order valence-corrected chi connectivity index (χ2v) is 5.75. The monoisotopic (exact) mass is 320 g/mol. The van der Waals surface area contributed by atoms with Crippen molar-refractivity contribution < 1.29 is 4.74 Å². The topological polar surface area (TPSA) is 48.9 Å². The van der Waals surface area contributed by atoms with E-state index in [9.17, 15) is 0 Å². The summed E-state index contributed by atoms with van der Waals surface area (Å²) in [5.74, 6) is 1.75. The molecule has 23 heavy (non-hydrogen) atoms. The summed E-state index contributed by atoms with van der Waals surface area (Å²) < 4.78 is 5.17. The summed E-state index contributed by atoms with van der Waals surface area (Å²) in [6.07, 6.45) is 0.956. The quantitative estimate of drug-likeness (QED) is 0.541. The normalized spacial score (nSPS) is 11.9. The van der Waals surface area contributed by atoms with Crippen LogP contribution in [0.15, 0.2) is 29.3 Å². The van der Waals surface area contributed by atoms with Gasteiger partial charge in [0.1, 0.15) is 5.75 Å². The van der Waals surface area contributed by atoms with Crippen LogP contribution in [0.5, 0.6) is 5.75 Å². The van der Waals surface area contributed by atoms with Crippen LogP contribution in [0.4, 0.5) is 0 Å². The van der Waals surface area contributed by atoms with E-state index < -0.39 is 0 Å². The molecule has 0 saturated heterocycles. The molecular weight excluding hydrogens is 288 g/mol. The number of methoxy groups -OCH3 is 1. The first kappa shape index (κ1) is 19.3. The molecule has 0 aliphatic carbocycles. The van der Waals surface area contributed by atoms with Gasteiger partial charge in [-0.2, -0.15) is 0 Å². The first-order chi connectivity index (χ1) is 11.1. The highest BCUT2D eigenvalue weighted by Gasteiger charge is 2.06.